The van der Waals surface area contributed by atoms with Crippen LogP contribution in [0.25, 0.3) is 11.5 Å². The van der Waals surface area contributed by atoms with E-state index in [1.807, 2.05) is 19.1 Å². The summed E-state index contributed by atoms with van der Waals surface area (Å²) in [5.74, 6) is 0.812. The van der Waals surface area contributed by atoms with Crippen molar-refractivity contribution in [3.8, 4) is 11.5 Å². The fourth-order valence-corrected chi connectivity index (χ4v) is 1.76. The smallest absolute Gasteiger partial charge is 0.416 e. The van der Waals surface area contributed by atoms with Crippen LogP contribution in [-0.2, 0) is 6.18 Å². The Labute approximate surface area is 139 Å². The van der Waals surface area contributed by atoms with Crippen molar-refractivity contribution in [2.24, 2.45) is 0 Å². The third kappa shape index (κ3) is 5.35. The minimum absolute atomic E-state index is 0.296. The van der Waals surface area contributed by atoms with Gasteiger partial charge in [-0.2, -0.15) is 25.8 Å². The van der Waals surface area contributed by atoms with Crippen LogP contribution in [-0.4, -0.2) is 17.8 Å². The molecule has 2 rings (SSSR count). The first-order chi connectivity index (χ1) is 10.9. The lowest BCUT2D eigenvalue weighted by atomic mass is 10.1. The topological polar surface area (TPSA) is 38.1 Å². The van der Waals surface area contributed by atoms with E-state index in [1.165, 1.54) is 12.1 Å². The van der Waals surface area contributed by atoms with Gasteiger partial charge in [-0.1, -0.05) is 12.2 Å². The largest absolute Gasteiger partial charge is 0.420 e. The van der Waals surface area contributed by atoms with Crippen molar-refractivity contribution >= 4 is 18.5 Å². The fraction of sp³-hybridized carbons (Fsp3) is 0.312. The molecule has 0 aliphatic heterocycles. The first-order valence-electron chi connectivity index (χ1n) is 6.86. The predicted molar refractivity (Wildman–Crippen MR) is 89.9 cm³/mol. The fourth-order valence-electron chi connectivity index (χ4n) is 1.76. The average molecular weight is 344 g/mol. The maximum Gasteiger partial charge on any atom is 0.416 e. The summed E-state index contributed by atoms with van der Waals surface area (Å²) < 4.78 is 43.1. The highest BCUT2D eigenvalue weighted by Gasteiger charge is 2.30. The molecule has 23 heavy (non-hydrogen) atoms. The van der Waals surface area contributed by atoms with Crippen molar-refractivity contribution in [1.29, 1.82) is 0 Å². The van der Waals surface area contributed by atoms with Gasteiger partial charge >= 0.3 is 6.18 Å². The molecule has 0 radical (unpaired) electrons. The number of nitrogens with zero attached hydrogens (tertiary/aromatic N) is 1. The predicted octanol–water partition coefficient (Wildman–Crippen LogP) is 5.20. The molecule has 0 atom stereocenters. The number of halogens is 3. The van der Waals surface area contributed by atoms with Crippen LogP contribution < -0.4 is 5.32 Å². The molecule has 7 heteroatoms. The number of aryl methyl sites for hydroxylation is 1. The number of rotatable bonds is 4. The number of alkyl halides is 3. The SMILES string of the molecule is C/C=C/CNc1oc(-c2ccc(C(F)(F)F)cc2)nc1C.CS. The summed E-state index contributed by atoms with van der Waals surface area (Å²) in [4.78, 5) is 4.22. The molecular formula is C16H19F3N2OS. The van der Waals surface area contributed by atoms with Crippen molar-refractivity contribution in [1.82, 2.24) is 4.98 Å². The summed E-state index contributed by atoms with van der Waals surface area (Å²) in [5.41, 5.74) is 0.473. The van der Waals surface area contributed by atoms with Crippen LogP contribution >= 0.6 is 12.6 Å². The molecule has 0 aliphatic rings. The van der Waals surface area contributed by atoms with E-state index in [9.17, 15) is 13.2 Å². The van der Waals surface area contributed by atoms with Gasteiger partial charge in [0.2, 0.25) is 11.8 Å². The number of aromatic nitrogens is 1. The van der Waals surface area contributed by atoms with E-state index in [4.69, 9.17) is 4.42 Å². The van der Waals surface area contributed by atoms with Crippen molar-refractivity contribution in [2.75, 3.05) is 18.1 Å². The van der Waals surface area contributed by atoms with Crippen LogP contribution in [0.4, 0.5) is 19.1 Å². The first-order valence-corrected chi connectivity index (χ1v) is 7.76. The summed E-state index contributed by atoms with van der Waals surface area (Å²) in [5, 5.41) is 3.04. The number of benzene rings is 1. The standard InChI is InChI=1S/C15H15F3N2O.CH4S/c1-3-4-9-19-13-10(2)20-14(21-13)11-5-7-12(8-6-11)15(16,17)18;1-2/h3-8,19H,9H2,1-2H3;2H,1H3/b4-3+;. The molecule has 0 aliphatic carbocycles. The van der Waals surface area contributed by atoms with Gasteiger partial charge in [-0.05, 0) is 44.4 Å². The zero-order valence-corrected chi connectivity index (χ0v) is 14.0. The molecule has 0 saturated heterocycles. The number of hydrogen-bond donors (Lipinski definition) is 2. The number of hydrogen-bond acceptors (Lipinski definition) is 4. The molecule has 0 saturated carbocycles. The van der Waals surface area contributed by atoms with E-state index >= 15 is 0 Å². The maximum absolute atomic E-state index is 12.5. The van der Waals surface area contributed by atoms with Crippen LogP contribution in [0.2, 0.25) is 0 Å². The van der Waals surface area contributed by atoms with Crippen LogP contribution in [0, 0.1) is 6.92 Å². The molecule has 0 spiro atoms. The normalized spacial score (nSPS) is 11.3. The molecule has 1 aromatic heterocycles. The summed E-state index contributed by atoms with van der Waals surface area (Å²) in [6.07, 6.45) is 1.17. The zero-order chi connectivity index (χ0) is 17.5. The van der Waals surface area contributed by atoms with E-state index < -0.39 is 11.7 Å². The maximum atomic E-state index is 12.5. The Morgan fingerprint density at radius 1 is 1.22 bits per heavy atom. The van der Waals surface area contributed by atoms with E-state index in [1.54, 1.807) is 13.2 Å². The Kier molecular flexibility index (Phi) is 7.22. The number of nitrogens with one attached hydrogen (secondary N) is 1. The Hall–Kier alpha value is -1.89. The van der Waals surface area contributed by atoms with Crippen LogP contribution in [0.5, 0.6) is 0 Å². The van der Waals surface area contributed by atoms with Gasteiger partial charge in [0.15, 0.2) is 0 Å². The van der Waals surface area contributed by atoms with Crippen molar-refractivity contribution in [3.63, 3.8) is 0 Å². The molecule has 0 fully saturated rings. The first kappa shape index (κ1) is 19.2. The van der Waals surface area contributed by atoms with Crippen molar-refractivity contribution < 1.29 is 17.6 Å². The minimum Gasteiger partial charge on any atom is -0.420 e. The molecule has 1 aromatic carbocycles. The van der Waals surface area contributed by atoms with Crippen molar-refractivity contribution in [3.05, 3.63) is 47.7 Å². The van der Waals surface area contributed by atoms with Gasteiger partial charge < -0.3 is 9.73 Å². The van der Waals surface area contributed by atoms with Gasteiger partial charge in [0.05, 0.1) is 5.56 Å². The van der Waals surface area contributed by atoms with Crippen LogP contribution in [0.15, 0.2) is 40.8 Å². The van der Waals surface area contributed by atoms with Gasteiger partial charge in [-0.25, -0.2) is 4.98 Å². The summed E-state index contributed by atoms with van der Waals surface area (Å²) in [6.45, 7) is 4.27. The lowest BCUT2D eigenvalue weighted by Gasteiger charge is -2.06. The molecule has 3 nitrogen and oxygen atoms in total. The second-order valence-corrected chi connectivity index (χ2v) is 4.46. The van der Waals surface area contributed by atoms with E-state index in [2.05, 4.69) is 22.9 Å². The van der Waals surface area contributed by atoms with Crippen LogP contribution in [0.1, 0.15) is 18.2 Å². The summed E-state index contributed by atoms with van der Waals surface area (Å²) >= 11 is 3.53. The summed E-state index contributed by atoms with van der Waals surface area (Å²) in [6, 6.07) is 4.73. The van der Waals surface area contributed by atoms with Gasteiger partial charge in [0, 0.05) is 12.1 Å². The van der Waals surface area contributed by atoms with Gasteiger partial charge in [-0.3, -0.25) is 0 Å². The Morgan fingerprint density at radius 2 is 1.83 bits per heavy atom. The third-order valence-electron chi connectivity index (χ3n) is 2.87. The second-order valence-electron chi connectivity index (χ2n) is 4.46. The highest BCUT2D eigenvalue weighted by molar-refractivity contribution is 7.79. The van der Waals surface area contributed by atoms with Gasteiger partial charge in [0.25, 0.3) is 0 Å². The number of anilines is 1. The minimum atomic E-state index is -4.34. The van der Waals surface area contributed by atoms with E-state index in [-0.39, 0.29) is 0 Å². The Bertz CT molecular complexity index is 634. The lowest BCUT2D eigenvalue weighted by molar-refractivity contribution is -0.137. The molecule has 1 heterocycles. The average Bonchev–Trinajstić information content (AvgIpc) is 2.90. The molecule has 126 valence electrons. The molecule has 0 unspecified atom stereocenters. The highest BCUT2D eigenvalue weighted by atomic mass is 32.1. The van der Waals surface area contributed by atoms with Crippen LogP contribution in [0.3, 0.4) is 0 Å². The van der Waals surface area contributed by atoms with Gasteiger partial charge in [-0.15, -0.1) is 0 Å². The highest BCUT2D eigenvalue weighted by Crippen LogP contribution is 2.31. The molecule has 2 aromatic rings. The quantitative estimate of drug-likeness (QED) is 0.591. The zero-order valence-electron chi connectivity index (χ0n) is 13.1. The molecular weight excluding hydrogens is 325 g/mol. The monoisotopic (exact) mass is 344 g/mol. The second kappa shape index (κ2) is 8.67. The number of thiol groups is 1. The molecule has 0 amide bonds. The third-order valence-corrected chi connectivity index (χ3v) is 2.87. The number of allylic oxidation sites excluding steroid dienone is 1. The lowest BCUT2D eigenvalue weighted by Crippen LogP contribution is -2.03. The molecule has 1 N–H and O–H groups in total. The van der Waals surface area contributed by atoms with E-state index in [0.717, 1.165) is 12.1 Å². The van der Waals surface area contributed by atoms with Crippen molar-refractivity contribution in [2.45, 2.75) is 20.0 Å². The van der Waals surface area contributed by atoms with E-state index in [0.29, 0.717) is 29.6 Å². The summed E-state index contributed by atoms with van der Waals surface area (Å²) in [7, 11) is 0. The molecule has 0 bridgehead atoms. The van der Waals surface area contributed by atoms with Gasteiger partial charge in [0.1, 0.15) is 5.69 Å². The number of oxazole rings is 1. The Balaban J connectivity index is 0.00000127. The Morgan fingerprint density at radius 3 is 2.35 bits per heavy atom.